The predicted octanol–water partition coefficient (Wildman–Crippen LogP) is 7.50. The number of aromatic nitrogens is 1. The molecule has 1 aromatic heterocycles. The predicted molar refractivity (Wildman–Crippen MR) is 129 cm³/mol. The van der Waals surface area contributed by atoms with Crippen molar-refractivity contribution < 1.29 is 0 Å². The molecule has 1 aliphatic rings. The Balaban J connectivity index is 1.70. The van der Waals surface area contributed by atoms with Gasteiger partial charge < -0.3 is 10.3 Å². The summed E-state index contributed by atoms with van der Waals surface area (Å²) in [5, 5.41) is 1.46. The summed E-state index contributed by atoms with van der Waals surface area (Å²) >= 11 is 0. The van der Waals surface area contributed by atoms with Gasteiger partial charge in [-0.05, 0) is 56.3 Å². The van der Waals surface area contributed by atoms with Crippen LogP contribution in [0.4, 0.5) is 0 Å². The minimum atomic E-state index is 0.470. The number of rotatable bonds is 9. The highest BCUT2D eigenvalue weighted by atomic mass is 15.0. The molecule has 1 saturated carbocycles. The van der Waals surface area contributed by atoms with Crippen molar-refractivity contribution in [2.45, 2.75) is 83.1 Å². The third kappa shape index (κ3) is 4.81. The Labute approximate surface area is 182 Å². The smallest absolute Gasteiger partial charge is 0.0485 e. The molecule has 160 valence electrons. The molecule has 1 aliphatic carbocycles. The summed E-state index contributed by atoms with van der Waals surface area (Å²) in [4.78, 5) is 0. The molecule has 0 spiro atoms. The summed E-state index contributed by atoms with van der Waals surface area (Å²) in [6.45, 7) is 3.03. The van der Waals surface area contributed by atoms with E-state index < -0.39 is 0 Å². The maximum absolute atomic E-state index is 5.70. The number of unbranched alkanes of at least 4 members (excludes halogenated alkanes) is 3. The van der Waals surface area contributed by atoms with Gasteiger partial charge in [0.05, 0.1) is 0 Å². The maximum Gasteiger partial charge on any atom is 0.0485 e. The summed E-state index contributed by atoms with van der Waals surface area (Å²) in [7, 11) is 0. The number of nitrogens with two attached hydrogens (primary N) is 1. The highest BCUT2D eigenvalue weighted by Crippen LogP contribution is 2.39. The fourth-order valence-corrected chi connectivity index (χ4v) is 5.41. The molecule has 4 rings (SSSR count). The van der Waals surface area contributed by atoms with Gasteiger partial charge in [-0.1, -0.05) is 86.6 Å². The average Bonchev–Trinajstić information content (AvgIpc) is 3.16. The average molecular weight is 403 g/mol. The SMILES string of the molecule is Cc1cccc(C(CCCCCCN)c2cn(C3CCCCC3)c3ccccc23)c1. The van der Waals surface area contributed by atoms with E-state index in [1.165, 1.54) is 85.4 Å². The van der Waals surface area contributed by atoms with Crippen molar-refractivity contribution >= 4 is 10.9 Å². The molecule has 0 aliphatic heterocycles. The van der Waals surface area contributed by atoms with Gasteiger partial charge in [0, 0.05) is 29.1 Å². The molecule has 1 fully saturated rings. The number of para-hydroxylation sites is 1. The topological polar surface area (TPSA) is 30.9 Å². The zero-order valence-corrected chi connectivity index (χ0v) is 18.7. The van der Waals surface area contributed by atoms with E-state index in [9.17, 15) is 0 Å². The zero-order chi connectivity index (χ0) is 20.8. The Bertz CT molecular complexity index is 933. The highest BCUT2D eigenvalue weighted by Gasteiger charge is 2.23. The van der Waals surface area contributed by atoms with Crippen LogP contribution >= 0.6 is 0 Å². The molecular weight excluding hydrogens is 364 g/mol. The van der Waals surface area contributed by atoms with Crippen LogP contribution in [-0.2, 0) is 0 Å². The first kappa shape index (κ1) is 21.2. The minimum absolute atomic E-state index is 0.470. The molecule has 2 aromatic carbocycles. The number of fused-ring (bicyclic) bond motifs is 1. The normalized spacial score (nSPS) is 16.2. The lowest BCUT2D eigenvalue weighted by atomic mass is 9.86. The van der Waals surface area contributed by atoms with Gasteiger partial charge in [0.1, 0.15) is 0 Å². The molecule has 30 heavy (non-hydrogen) atoms. The second kappa shape index (κ2) is 10.3. The molecule has 1 heterocycles. The van der Waals surface area contributed by atoms with Crippen LogP contribution in [0.5, 0.6) is 0 Å². The number of aryl methyl sites for hydroxylation is 1. The fraction of sp³-hybridized carbons (Fsp3) is 0.500. The van der Waals surface area contributed by atoms with E-state index in [1.54, 1.807) is 0 Å². The molecule has 1 unspecified atom stereocenters. The molecule has 0 bridgehead atoms. The highest BCUT2D eigenvalue weighted by molar-refractivity contribution is 5.85. The number of nitrogens with zero attached hydrogens (tertiary/aromatic N) is 1. The Hall–Kier alpha value is -2.06. The summed E-state index contributed by atoms with van der Waals surface area (Å²) < 4.78 is 2.63. The lowest BCUT2D eigenvalue weighted by molar-refractivity contribution is 0.360. The number of hydrogen-bond acceptors (Lipinski definition) is 1. The third-order valence-corrected chi connectivity index (χ3v) is 7.01. The summed E-state index contributed by atoms with van der Waals surface area (Å²) in [5.74, 6) is 0.470. The summed E-state index contributed by atoms with van der Waals surface area (Å²) in [5.41, 5.74) is 11.5. The first-order valence-corrected chi connectivity index (χ1v) is 12.1. The quantitative estimate of drug-likeness (QED) is 0.369. The van der Waals surface area contributed by atoms with E-state index in [0.29, 0.717) is 12.0 Å². The Morgan fingerprint density at radius 3 is 2.53 bits per heavy atom. The third-order valence-electron chi connectivity index (χ3n) is 7.01. The summed E-state index contributed by atoms with van der Waals surface area (Å²) in [6.07, 6.45) is 15.5. The molecule has 0 radical (unpaired) electrons. The number of benzene rings is 2. The van der Waals surface area contributed by atoms with E-state index in [-0.39, 0.29) is 0 Å². The first-order valence-electron chi connectivity index (χ1n) is 12.1. The lowest BCUT2D eigenvalue weighted by Crippen LogP contribution is -2.11. The van der Waals surface area contributed by atoms with E-state index in [4.69, 9.17) is 5.73 Å². The molecule has 0 amide bonds. The van der Waals surface area contributed by atoms with Crippen LogP contribution in [0.1, 0.15) is 92.9 Å². The maximum atomic E-state index is 5.70. The Morgan fingerprint density at radius 1 is 0.933 bits per heavy atom. The first-order chi connectivity index (χ1) is 14.8. The van der Waals surface area contributed by atoms with Crippen molar-refractivity contribution in [3.63, 3.8) is 0 Å². The molecule has 1 atom stereocenters. The number of hydrogen-bond donors (Lipinski definition) is 1. The van der Waals surface area contributed by atoms with Gasteiger partial charge in [0.25, 0.3) is 0 Å². The van der Waals surface area contributed by atoms with Crippen molar-refractivity contribution in [1.29, 1.82) is 0 Å². The van der Waals surface area contributed by atoms with Gasteiger partial charge in [0.2, 0.25) is 0 Å². The zero-order valence-electron chi connectivity index (χ0n) is 18.7. The van der Waals surface area contributed by atoms with Crippen LogP contribution < -0.4 is 5.73 Å². The molecule has 2 nitrogen and oxygen atoms in total. The van der Waals surface area contributed by atoms with Crippen LogP contribution in [0.3, 0.4) is 0 Å². The van der Waals surface area contributed by atoms with E-state index in [2.05, 4.69) is 66.2 Å². The van der Waals surface area contributed by atoms with Crippen molar-refractivity contribution in [2.75, 3.05) is 6.54 Å². The Morgan fingerprint density at radius 2 is 1.73 bits per heavy atom. The fourth-order valence-electron chi connectivity index (χ4n) is 5.41. The van der Waals surface area contributed by atoms with Crippen molar-refractivity contribution in [2.24, 2.45) is 5.73 Å². The van der Waals surface area contributed by atoms with Crippen LogP contribution in [-0.4, -0.2) is 11.1 Å². The van der Waals surface area contributed by atoms with E-state index in [1.807, 2.05) is 0 Å². The van der Waals surface area contributed by atoms with Crippen molar-refractivity contribution in [3.8, 4) is 0 Å². The van der Waals surface area contributed by atoms with E-state index >= 15 is 0 Å². The van der Waals surface area contributed by atoms with Crippen LogP contribution in [0.25, 0.3) is 10.9 Å². The van der Waals surface area contributed by atoms with Gasteiger partial charge in [0.15, 0.2) is 0 Å². The van der Waals surface area contributed by atoms with Gasteiger partial charge in [-0.3, -0.25) is 0 Å². The lowest BCUT2D eigenvalue weighted by Gasteiger charge is -2.24. The largest absolute Gasteiger partial charge is 0.344 e. The van der Waals surface area contributed by atoms with Crippen LogP contribution in [0.2, 0.25) is 0 Å². The molecule has 2 heteroatoms. The van der Waals surface area contributed by atoms with Gasteiger partial charge in [-0.15, -0.1) is 0 Å². The molecule has 2 N–H and O–H groups in total. The molecule has 0 saturated heterocycles. The standard InChI is InChI=1S/C28H38N2/c1-22-12-11-13-23(20-22)25(16-7-2-3-10-19-29)27-21-30(24-14-5-4-6-15-24)28-18-9-8-17-26(27)28/h8-9,11-13,17-18,20-21,24-25H,2-7,10,14-16,19,29H2,1H3. The van der Waals surface area contributed by atoms with E-state index in [0.717, 1.165) is 13.0 Å². The summed E-state index contributed by atoms with van der Waals surface area (Å²) in [6, 6.07) is 19.0. The van der Waals surface area contributed by atoms with Gasteiger partial charge in [-0.2, -0.15) is 0 Å². The van der Waals surface area contributed by atoms with Gasteiger partial charge >= 0.3 is 0 Å². The minimum Gasteiger partial charge on any atom is -0.344 e. The molecular formula is C28H38N2. The molecule has 3 aromatic rings. The van der Waals surface area contributed by atoms with Gasteiger partial charge in [-0.25, -0.2) is 0 Å². The van der Waals surface area contributed by atoms with Crippen LogP contribution in [0, 0.1) is 6.92 Å². The van der Waals surface area contributed by atoms with Crippen LogP contribution in [0.15, 0.2) is 54.7 Å². The Kier molecular flexibility index (Phi) is 7.28. The second-order valence-electron chi connectivity index (χ2n) is 9.26. The van der Waals surface area contributed by atoms with Crippen molar-refractivity contribution in [1.82, 2.24) is 4.57 Å². The monoisotopic (exact) mass is 402 g/mol. The van der Waals surface area contributed by atoms with Crippen molar-refractivity contribution in [3.05, 3.63) is 71.4 Å². The second-order valence-corrected chi connectivity index (χ2v) is 9.26.